The fraction of sp³-hybridized carbons (Fsp3) is 0.300. The van der Waals surface area contributed by atoms with Crippen LogP contribution in [0.1, 0.15) is 17.3 Å². The number of hydrogen-bond donors (Lipinski definition) is 2. The topological polar surface area (TPSA) is 49.3 Å². The summed E-state index contributed by atoms with van der Waals surface area (Å²) in [6.07, 6.45) is -0.572. The number of nitrogens with one attached hydrogen (secondary N) is 1. The van der Waals surface area contributed by atoms with Crippen LogP contribution in [0.5, 0.6) is 0 Å². The number of amides is 1. The normalized spacial score (nSPS) is 12.3. The molecule has 1 aromatic carbocycles. The fourth-order valence-electron chi connectivity index (χ4n) is 0.980. The van der Waals surface area contributed by atoms with Crippen LogP contribution in [-0.2, 0) is 0 Å². The van der Waals surface area contributed by atoms with Gasteiger partial charge in [0.25, 0.3) is 5.91 Å². The summed E-state index contributed by atoms with van der Waals surface area (Å²) in [5.41, 5.74) is 0.421. The molecule has 0 aliphatic rings. The summed E-state index contributed by atoms with van der Waals surface area (Å²) in [5.74, 6) is -0.283. The quantitative estimate of drug-likeness (QED) is 0.860. The second-order valence-electron chi connectivity index (χ2n) is 3.19. The SMILES string of the molecule is C[C@H](O)CNC(=O)c1ccc(Cl)c(Cl)c1. The zero-order valence-corrected chi connectivity index (χ0v) is 9.64. The molecule has 1 atom stereocenters. The molecule has 1 amide bonds. The number of aliphatic hydroxyl groups is 1. The summed E-state index contributed by atoms with van der Waals surface area (Å²) in [6, 6.07) is 4.62. The molecule has 15 heavy (non-hydrogen) atoms. The zero-order valence-electron chi connectivity index (χ0n) is 8.13. The number of benzene rings is 1. The van der Waals surface area contributed by atoms with Gasteiger partial charge < -0.3 is 10.4 Å². The van der Waals surface area contributed by atoms with Crippen molar-refractivity contribution in [3.63, 3.8) is 0 Å². The Morgan fingerprint density at radius 1 is 1.47 bits per heavy atom. The number of halogens is 2. The first-order valence-electron chi connectivity index (χ1n) is 4.42. The number of hydrogen-bond acceptors (Lipinski definition) is 2. The van der Waals surface area contributed by atoms with Gasteiger partial charge in [-0.3, -0.25) is 4.79 Å². The Labute approximate surface area is 98.0 Å². The largest absolute Gasteiger partial charge is 0.392 e. The highest BCUT2D eigenvalue weighted by Gasteiger charge is 2.08. The Kier molecular flexibility index (Phi) is 4.39. The summed E-state index contributed by atoms with van der Waals surface area (Å²) in [5, 5.41) is 12.3. The summed E-state index contributed by atoms with van der Waals surface area (Å²) in [7, 11) is 0. The summed E-state index contributed by atoms with van der Waals surface area (Å²) >= 11 is 11.5. The van der Waals surface area contributed by atoms with Crippen LogP contribution < -0.4 is 5.32 Å². The van der Waals surface area contributed by atoms with Crippen molar-refractivity contribution in [2.45, 2.75) is 13.0 Å². The molecule has 1 rings (SSSR count). The van der Waals surface area contributed by atoms with Crippen LogP contribution in [0.15, 0.2) is 18.2 Å². The van der Waals surface area contributed by atoms with E-state index in [4.69, 9.17) is 28.3 Å². The Bertz CT molecular complexity index is 366. The van der Waals surface area contributed by atoms with E-state index in [0.717, 1.165) is 0 Å². The molecule has 0 heterocycles. The van der Waals surface area contributed by atoms with Crippen molar-refractivity contribution in [1.82, 2.24) is 5.32 Å². The van der Waals surface area contributed by atoms with E-state index in [2.05, 4.69) is 5.32 Å². The third kappa shape index (κ3) is 3.70. The lowest BCUT2D eigenvalue weighted by Gasteiger charge is -2.07. The highest BCUT2D eigenvalue weighted by molar-refractivity contribution is 6.42. The first-order chi connectivity index (χ1) is 7.00. The predicted octanol–water partition coefficient (Wildman–Crippen LogP) is 2.10. The first kappa shape index (κ1) is 12.3. The Hall–Kier alpha value is -0.770. The van der Waals surface area contributed by atoms with Gasteiger partial charge in [0.05, 0.1) is 16.1 Å². The van der Waals surface area contributed by atoms with E-state index in [1.165, 1.54) is 6.07 Å². The molecule has 0 spiro atoms. The minimum absolute atomic E-state index is 0.207. The van der Waals surface area contributed by atoms with Gasteiger partial charge in [-0.15, -0.1) is 0 Å². The lowest BCUT2D eigenvalue weighted by atomic mass is 10.2. The van der Waals surface area contributed by atoms with E-state index in [1.807, 2.05) is 0 Å². The van der Waals surface area contributed by atoms with Gasteiger partial charge in [0.15, 0.2) is 0 Å². The van der Waals surface area contributed by atoms with Crippen molar-refractivity contribution < 1.29 is 9.90 Å². The van der Waals surface area contributed by atoms with Gasteiger partial charge in [0.1, 0.15) is 0 Å². The van der Waals surface area contributed by atoms with Gasteiger partial charge in [-0.25, -0.2) is 0 Å². The molecule has 0 saturated heterocycles. The fourth-order valence-corrected chi connectivity index (χ4v) is 1.28. The molecule has 0 unspecified atom stereocenters. The van der Waals surface area contributed by atoms with E-state index in [1.54, 1.807) is 19.1 Å². The number of carbonyl (C=O) groups excluding carboxylic acids is 1. The maximum atomic E-state index is 11.5. The maximum Gasteiger partial charge on any atom is 0.251 e. The van der Waals surface area contributed by atoms with E-state index in [-0.39, 0.29) is 12.5 Å². The van der Waals surface area contributed by atoms with Gasteiger partial charge in [0.2, 0.25) is 0 Å². The van der Waals surface area contributed by atoms with E-state index >= 15 is 0 Å². The molecule has 5 heteroatoms. The van der Waals surface area contributed by atoms with Crippen molar-refractivity contribution in [3.05, 3.63) is 33.8 Å². The molecule has 0 aliphatic heterocycles. The molecule has 2 N–H and O–H groups in total. The van der Waals surface area contributed by atoms with Crippen LogP contribution in [0.25, 0.3) is 0 Å². The second kappa shape index (κ2) is 5.35. The molecular weight excluding hydrogens is 237 g/mol. The van der Waals surface area contributed by atoms with E-state index in [9.17, 15) is 4.79 Å². The molecule has 0 aliphatic carbocycles. The monoisotopic (exact) mass is 247 g/mol. The minimum Gasteiger partial charge on any atom is -0.392 e. The molecule has 3 nitrogen and oxygen atoms in total. The smallest absolute Gasteiger partial charge is 0.251 e. The molecule has 0 radical (unpaired) electrons. The highest BCUT2D eigenvalue weighted by Crippen LogP contribution is 2.22. The zero-order chi connectivity index (χ0) is 11.4. The van der Waals surface area contributed by atoms with Crippen LogP contribution in [0, 0.1) is 0 Å². The highest BCUT2D eigenvalue weighted by atomic mass is 35.5. The Morgan fingerprint density at radius 2 is 2.13 bits per heavy atom. The van der Waals surface area contributed by atoms with Crippen molar-refractivity contribution in [2.24, 2.45) is 0 Å². The van der Waals surface area contributed by atoms with Crippen molar-refractivity contribution >= 4 is 29.1 Å². The van der Waals surface area contributed by atoms with Gasteiger partial charge in [-0.05, 0) is 25.1 Å². The average molecular weight is 248 g/mol. The summed E-state index contributed by atoms with van der Waals surface area (Å²) < 4.78 is 0. The Morgan fingerprint density at radius 3 is 2.67 bits per heavy atom. The lowest BCUT2D eigenvalue weighted by molar-refractivity contribution is 0.0924. The lowest BCUT2D eigenvalue weighted by Crippen LogP contribution is -2.30. The maximum absolute atomic E-state index is 11.5. The van der Waals surface area contributed by atoms with Gasteiger partial charge in [0, 0.05) is 12.1 Å². The van der Waals surface area contributed by atoms with Gasteiger partial charge in [-0.2, -0.15) is 0 Å². The van der Waals surface area contributed by atoms with Crippen LogP contribution in [-0.4, -0.2) is 23.7 Å². The average Bonchev–Trinajstić information content (AvgIpc) is 2.18. The predicted molar refractivity (Wildman–Crippen MR) is 60.5 cm³/mol. The van der Waals surface area contributed by atoms with Crippen molar-refractivity contribution in [1.29, 1.82) is 0 Å². The molecule has 0 bridgehead atoms. The Balaban J connectivity index is 2.70. The number of aliphatic hydroxyl groups excluding tert-OH is 1. The van der Waals surface area contributed by atoms with E-state index < -0.39 is 6.10 Å². The van der Waals surface area contributed by atoms with Crippen molar-refractivity contribution in [2.75, 3.05) is 6.54 Å². The molecule has 1 aromatic rings. The minimum atomic E-state index is -0.572. The second-order valence-corrected chi connectivity index (χ2v) is 4.00. The molecule has 0 saturated carbocycles. The summed E-state index contributed by atoms with van der Waals surface area (Å²) in [4.78, 5) is 11.5. The first-order valence-corrected chi connectivity index (χ1v) is 5.17. The van der Waals surface area contributed by atoms with Gasteiger partial charge >= 0.3 is 0 Å². The van der Waals surface area contributed by atoms with Crippen LogP contribution in [0.3, 0.4) is 0 Å². The molecule has 0 aromatic heterocycles. The third-order valence-corrected chi connectivity index (χ3v) is 2.48. The van der Waals surface area contributed by atoms with Crippen LogP contribution in [0.4, 0.5) is 0 Å². The standard InChI is InChI=1S/C10H11Cl2NO2/c1-6(14)5-13-10(15)7-2-3-8(11)9(12)4-7/h2-4,6,14H,5H2,1H3,(H,13,15)/t6-/m0/s1. The molecular formula is C10H11Cl2NO2. The van der Waals surface area contributed by atoms with Crippen LogP contribution >= 0.6 is 23.2 Å². The van der Waals surface area contributed by atoms with Gasteiger partial charge in [-0.1, -0.05) is 23.2 Å². The number of rotatable bonds is 3. The third-order valence-electron chi connectivity index (χ3n) is 1.74. The van der Waals surface area contributed by atoms with E-state index in [0.29, 0.717) is 15.6 Å². The van der Waals surface area contributed by atoms with Crippen molar-refractivity contribution in [3.8, 4) is 0 Å². The molecule has 0 fully saturated rings. The van der Waals surface area contributed by atoms with Crippen LogP contribution in [0.2, 0.25) is 10.0 Å². The summed E-state index contributed by atoms with van der Waals surface area (Å²) in [6.45, 7) is 1.80. The number of carbonyl (C=O) groups is 1. The molecule has 82 valence electrons.